The van der Waals surface area contributed by atoms with Crippen molar-refractivity contribution in [2.45, 2.75) is 32.1 Å². The summed E-state index contributed by atoms with van der Waals surface area (Å²) in [6.45, 7) is 0. The molecular weight excluding hydrogens is 156 g/mol. The maximum atomic E-state index is 11.1. The Morgan fingerprint density at radius 1 is 0.917 bits per heavy atom. The van der Waals surface area contributed by atoms with Gasteiger partial charge in [0.1, 0.15) is 0 Å². The quantitative estimate of drug-likeness (QED) is 0.404. The number of carbonyl (C=O) groups excluding carboxylic acids is 2. The van der Waals surface area contributed by atoms with Crippen LogP contribution in [0.2, 0.25) is 0 Å². The second-order valence-corrected chi connectivity index (χ2v) is 3.59. The van der Waals surface area contributed by atoms with Crippen LogP contribution in [-0.2, 0) is 14.3 Å². The molecule has 1 unspecified atom stereocenters. The smallest absolute Gasteiger partial charge is 0.317 e. The van der Waals surface area contributed by atoms with Crippen LogP contribution in [0.15, 0.2) is 0 Å². The Morgan fingerprint density at radius 2 is 1.42 bits per heavy atom. The van der Waals surface area contributed by atoms with Gasteiger partial charge in [-0.05, 0) is 12.8 Å². The molecule has 0 spiro atoms. The van der Waals surface area contributed by atoms with E-state index in [0.29, 0.717) is 0 Å². The van der Waals surface area contributed by atoms with Crippen LogP contribution in [0.4, 0.5) is 0 Å². The van der Waals surface area contributed by atoms with Gasteiger partial charge in [-0.15, -0.1) is 0 Å². The first kappa shape index (κ1) is 7.77. The molecule has 2 rings (SSSR count). The Morgan fingerprint density at radius 3 is 1.92 bits per heavy atom. The summed E-state index contributed by atoms with van der Waals surface area (Å²) >= 11 is 0. The zero-order valence-corrected chi connectivity index (χ0v) is 6.91. The summed E-state index contributed by atoms with van der Waals surface area (Å²) < 4.78 is 4.59. The third kappa shape index (κ3) is 1.13. The topological polar surface area (TPSA) is 43.4 Å². The van der Waals surface area contributed by atoms with Crippen LogP contribution in [0.1, 0.15) is 32.1 Å². The van der Waals surface area contributed by atoms with Gasteiger partial charge in [0.2, 0.25) is 0 Å². The van der Waals surface area contributed by atoms with Gasteiger partial charge in [0, 0.05) is 0 Å². The van der Waals surface area contributed by atoms with Crippen LogP contribution in [0.5, 0.6) is 0 Å². The van der Waals surface area contributed by atoms with Crippen molar-refractivity contribution in [1.29, 1.82) is 0 Å². The normalized spacial score (nSPS) is 35.7. The van der Waals surface area contributed by atoms with Crippen molar-refractivity contribution in [2.75, 3.05) is 0 Å². The van der Waals surface area contributed by atoms with Crippen LogP contribution >= 0.6 is 0 Å². The first-order chi connectivity index (χ1) is 5.79. The number of esters is 2. The number of rotatable bonds is 0. The zero-order chi connectivity index (χ0) is 8.55. The van der Waals surface area contributed by atoms with Crippen molar-refractivity contribution >= 4 is 11.9 Å². The van der Waals surface area contributed by atoms with Crippen molar-refractivity contribution in [3.8, 4) is 0 Å². The minimum Gasteiger partial charge on any atom is -0.393 e. The predicted molar refractivity (Wildman–Crippen MR) is 41.2 cm³/mol. The van der Waals surface area contributed by atoms with Gasteiger partial charge in [-0.1, -0.05) is 19.3 Å². The van der Waals surface area contributed by atoms with Gasteiger partial charge < -0.3 is 4.74 Å². The lowest BCUT2D eigenvalue weighted by Gasteiger charge is -2.06. The minimum atomic E-state index is -0.285. The molecule has 66 valence electrons. The van der Waals surface area contributed by atoms with Gasteiger partial charge >= 0.3 is 11.9 Å². The summed E-state index contributed by atoms with van der Waals surface area (Å²) in [6, 6.07) is 0. The Hall–Kier alpha value is -0.860. The second kappa shape index (κ2) is 2.88. The molecule has 12 heavy (non-hydrogen) atoms. The van der Waals surface area contributed by atoms with Gasteiger partial charge in [0.25, 0.3) is 0 Å². The van der Waals surface area contributed by atoms with Crippen molar-refractivity contribution in [3.63, 3.8) is 0 Å². The molecule has 0 aromatic rings. The van der Waals surface area contributed by atoms with E-state index in [9.17, 15) is 9.59 Å². The second-order valence-electron chi connectivity index (χ2n) is 3.59. The van der Waals surface area contributed by atoms with E-state index < -0.39 is 0 Å². The lowest BCUT2D eigenvalue weighted by molar-refractivity contribution is -0.154. The van der Waals surface area contributed by atoms with E-state index in [4.69, 9.17) is 0 Å². The Bertz CT molecular complexity index is 200. The lowest BCUT2D eigenvalue weighted by atomic mass is 9.91. The Kier molecular flexibility index (Phi) is 1.87. The molecule has 0 aromatic carbocycles. The largest absolute Gasteiger partial charge is 0.393 e. The van der Waals surface area contributed by atoms with E-state index in [1.807, 2.05) is 0 Å². The molecule has 0 amide bonds. The van der Waals surface area contributed by atoms with Gasteiger partial charge in [0.15, 0.2) is 0 Å². The summed E-state index contributed by atoms with van der Waals surface area (Å²) in [5.74, 6) is -0.793. The zero-order valence-electron chi connectivity index (χ0n) is 6.91. The lowest BCUT2D eigenvalue weighted by Crippen LogP contribution is -2.15. The average Bonchev–Trinajstić information content (AvgIpc) is 2.29. The molecule has 1 aliphatic heterocycles. The first-order valence-corrected chi connectivity index (χ1v) is 4.54. The highest BCUT2D eigenvalue weighted by Gasteiger charge is 2.43. The average molecular weight is 168 g/mol. The molecule has 0 N–H and O–H groups in total. The molecule has 0 bridgehead atoms. The van der Waals surface area contributed by atoms with Crippen LogP contribution in [0.3, 0.4) is 0 Å². The highest BCUT2D eigenvalue weighted by atomic mass is 16.6. The minimum absolute atomic E-state index is 0.111. The summed E-state index contributed by atoms with van der Waals surface area (Å²) in [7, 11) is 0. The summed E-state index contributed by atoms with van der Waals surface area (Å²) in [6.07, 6.45) is 4.95. The van der Waals surface area contributed by atoms with E-state index in [-0.39, 0.29) is 23.8 Å². The molecular formula is C9H12O3. The highest BCUT2D eigenvalue weighted by Crippen LogP contribution is 2.35. The van der Waals surface area contributed by atoms with Crippen molar-refractivity contribution in [3.05, 3.63) is 0 Å². The summed E-state index contributed by atoms with van der Waals surface area (Å²) in [4.78, 5) is 22.3. The van der Waals surface area contributed by atoms with Crippen molar-refractivity contribution < 1.29 is 14.3 Å². The van der Waals surface area contributed by atoms with Gasteiger partial charge in [0.05, 0.1) is 11.8 Å². The Labute approximate surface area is 71.1 Å². The number of ether oxygens (including phenoxy) is 1. The van der Waals surface area contributed by atoms with Gasteiger partial charge in [-0.25, -0.2) is 0 Å². The standard InChI is InChI=1S/C9H12O3/c10-8-6-4-2-1-3-5-7(6)9(11)12-8/h6-7H,1-5H2/t6-,7?/m1/s1. The van der Waals surface area contributed by atoms with E-state index in [1.54, 1.807) is 0 Å². The van der Waals surface area contributed by atoms with E-state index in [2.05, 4.69) is 4.74 Å². The molecule has 2 aliphatic rings. The molecule has 3 heteroatoms. The highest BCUT2D eigenvalue weighted by molar-refractivity contribution is 5.96. The fourth-order valence-electron chi connectivity index (χ4n) is 2.12. The van der Waals surface area contributed by atoms with E-state index in [1.165, 1.54) is 0 Å². The number of cyclic esters (lactones) is 2. The van der Waals surface area contributed by atoms with E-state index in [0.717, 1.165) is 32.1 Å². The number of hydrogen-bond donors (Lipinski definition) is 0. The SMILES string of the molecule is O=C1OC(=O)[C@@H]2CCCCCC12. The molecule has 1 heterocycles. The molecule has 0 aromatic heterocycles. The number of hydrogen-bond acceptors (Lipinski definition) is 3. The maximum Gasteiger partial charge on any atom is 0.317 e. The van der Waals surface area contributed by atoms with Crippen molar-refractivity contribution in [2.24, 2.45) is 11.8 Å². The summed E-state index contributed by atoms with van der Waals surface area (Å²) in [5, 5.41) is 0. The maximum absolute atomic E-state index is 11.1. The van der Waals surface area contributed by atoms with Crippen LogP contribution in [-0.4, -0.2) is 11.9 Å². The van der Waals surface area contributed by atoms with Gasteiger partial charge in [-0.2, -0.15) is 0 Å². The Balaban J connectivity index is 2.17. The molecule has 1 aliphatic carbocycles. The molecule has 1 saturated carbocycles. The molecule has 1 saturated heterocycles. The third-order valence-corrected chi connectivity index (χ3v) is 2.82. The van der Waals surface area contributed by atoms with Crippen molar-refractivity contribution in [1.82, 2.24) is 0 Å². The van der Waals surface area contributed by atoms with Crippen LogP contribution < -0.4 is 0 Å². The fraction of sp³-hybridized carbons (Fsp3) is 0.778. The van der Waals surface area contributed by atoms with Crippen LogP contribution in [0.25, 0.3) is 0 Å². The number of carbonyl (C=O) groups is 2. The molecule has 2 atom stereocenters. The molecule has 0 radical (unpaired) electrons. The third-order valence-electron chi connectivity index (χ3n) is 2.82. The predicted octanol–water partition coefficient (Wildman–Crippen LogP) is 1.27. The monoisotopic (exact) mass is 168 g/mol. The van der Waals surface area contributed by atoms with Gasteiger partial charge in [-0.3, -0.25) is 9.59 Å². The van der Waals surface area contributed by atoms with Crippen LogP contribution in [0, 0.1) is 11.8 Å². The fourth-order valence-corrected chi connectivity index (χ4v) is 2.12. The number of fused-ring (bicyclic) bond motifs is 1. The molecule has 2 fully saturated rings. The molecule has 3 nitrogen and oxygen atoms in total. The first-order valence-electron chi connectivity index (χ1n) is 4.54. The summed E-state index contributed by atoms with van der Waals surface area (Å²) in [5.41, 5.74) is 0. The van der Waals surface area contributed by atoms with E-state index >= 15 is 0 Å².